The molecule has 0 atom stereocenters. The summed E-state index contributed by atoms with van der Waals surface area (Å²) in [6, 6.07) is 8.43. The highest BCUT2D eigenvalue weighted by Gasteiger charge is 2.35. The average Bonchev–Trinajstić information content (AvgIpc) is 2.39. The van der Waals surface area contributed by atoms with Crippen molar-refractivity contribution < 1.29 is 5.11 Å². The van der Waals surface area contributed by atoms with Gasteiger partial charge in [-0.15, -0.1) is 0 Å². The molecule has 2 N–H and O–H groups in total. The highest BCUT2D eigenvalue weighted by Crippen LogP contribution is 2.37. The third-order valence-electron chi connectivity index (χ3n) is 4.66. The van der Waals surface area contributed by atoms with Crippen molar-refractivity contribution in [3.05, 3.63) is 29.8 Å². The minimum absolute atomic E-state index is 0.112. The Kier molecular flexibility index (Phi) is 4.51. The van der Waals surface area contributed by atoms with Crippen LogP contribution in [0.15, 0.2) is 24.3 Å². The molecule has 0 aliphatic heterocycles. The maximum Gasteiger partial charge on any atom is 0.0661 e. The largest absolute Gasteiger partial charge is 0.394 e. The van der Waals surface area contributed by atoms with Gasteiger partial charge >= 0.3 is 0 Å². The number of benzene rings is 1. The van der Waals surface area contributed by atoms with Crippen molar-refractivity contribution >= 4 is 5.69 Å². The SMILES string of the molecule is Cc1cccc(NC2(CO)CCC(C(C)C)CC2)c1. The molecule has 0 spiro atoms. The molecule has 0 aromatic heterocycles. The van der Waals surface area contributed by atoms with Crippen molar-refractivity contribution in [3.63, 3.8) is 0 Å². The number of aryl methyl sites for hydroxylation is 1. The van der Waals surface area contributed by atoms with E-state index in [1.807, 2.05) is 0 Å². The number of rotatable bonds is 4. The van der Waals surface area contributed by atoms with Gasteiger partial charge in [0.2, 0.25) is 0 Å². The summed E-state index contributed by atoms with van der Waals surface area (Å²) in [5, 5.41) is 13.4. The van der Waals surface area contributed by atoms with Crippen LogP contribution in [0.25, 0.3) is 0 Å². The molecule has 0 amide bonds. The molecule has 1 aromatic rings. The van der Waals surface area contributed by atoms with Crippen LogP contribution in [0.3, 0.4) is 0 Å². The van der Waals surface area contributed by atoms with E-state index in [0.717, 1.165) is 30.4 Å². The Labute approximate surface area is 117 Å². The van der Waals surface area contributed by atoms with Crippen LogP contribution >= 0.6 is 0 Å². The van der Waals surface area contributed by atoms with Crippen LogP contribution in [0.4, 0.5) is 5.69 Å². The second-order valence-corrected chi connectivity index (χ2v) is 6.51. The first kappa shape index (κ1) is 14.4. The first-order valence-corrected chi connectivity index (χ1v) is 7.50. The number of hydrogen-bond acceptors (Lipinski definition) is 2. The number of hydrogen-bond donors (Lipinski definition) is 2. The van der Waals surface area contributed by atoms with Crippen LogP contribution in [0.5, 0.6) is 0 Å². The van der Waals surface area contributed by atoms with Crippen molar-refractivity contribution in [1.29, 1.82) is 0 Å². The molecule has 0 unspecified atom stereocenters. The minimum atomic E-state index is -0.112. The zero-order valence-electron chi connectivity index (χ0n) is 12.4. The molecule has 1 aliphatic carbocycles. The van der Waals surface area contributed by atoms with Crippen molar-refractivity contribution in [2.45, 2.75) is 52.0 Å². The molecule has 1 fully saturated rings. The average molecular weight is 261 g/mol. The van der Waals surface area contributed by atoms with Gasteiger partial charge in [-0.05, 0) is 62.1 Å². The third kappa shape index (κ3) is 3.50. The second-order valence-electron chi connectivity index (χ2n) is 6.51. The van der Waals surface area contributed by atoms with Crippen molar-refractivity contribution in [2.24, 2.45) is 11.8 Å². The third-order valence-corrected chi connectivity index (χ3v) is 4.66. The fourth-order valence-electron chi connectivity index (χ4n) is 3.21. The van der Waals surface area contributed by atoms with Crippen molar-refractivity contribution in [2.75, 3.05) is 11.9 Å². The van der Waals surface area contributed by atoms with Gasteiger partial charge < -0.3 is 10.4 Å². The second kappa shape index (κ2) is 5.96. The Morgan fingerprint density at radius 3 is 2.53 bits per heavy atom. The standard InChI is InChI=1S/C17H27NO/c1-13(2)15-7-9-17(12-19,10-8-15)18-16-6-4-5-14(3)11-16/h4-6,11,13,15,18-19H,7-10,12H2,1-3H3. The molecule has 0 heterocycles. The van der Waals surface area contributed by atoms with E-state index in [-0.39, 0.29) is 12.1 Å². The predicted octanol–water partition coefficient (Wildman–Crippen LogP) is 3.98. The van der Waals surface area contributed by atoms with E-state index in [1.165, 1.54) is 18.4 Å². The van der Waals surface area contributed by atoms with E-state index in [9.17, 15) is 5.11 Å². The first-order valence-electron chi connectivity index (χ1n) is 7.50. The van der Waals surface area contributed by atoms with Crippen LogP contribution < -0.4 is 5.32 Å². The molecule has 0 saturated heterocycles. The zero-order valence-corrected chi connectivity index (χ0v) is 12.4. The molecule has 19 heavy (non-hydrogen) atoms. The molecule has 0 bridgehead atoms. The topological polar surface area (TPSA) is 32.3 Å². The predicted molar refractivity (Wildman–Crippen MR) is 81.4 cm³/mol. The number of nitrogens with one attached hydrogen (secondary N) is 1. The molecule has 2 nitrogen and oxygen atoms in total. The van der Waals surface area contributed by atoms with Gasteiger partial charge in [0.25, 0.3) is 0 Å². The Balaban J connectivity index is 2.04. The summed E-state index contributed by atoms with van der Waals surface area (Å²) in [4.78, 5) is 0. The molecular weight excluding hydrogens is 234 g/mol. The summed E-state index contributed by atoms with van der Waals surface area (Å²) in [7, 11) is 0. The fraction of sp³-hybridized carbons (Fsp3) is 0.647. The Bertz CT molecular complexity index is 405. The molecular formula is C17H27NO. The quantitative estimate of drug-likeness (QED) is 0.859. The van der Waals surface area contributed by atoms with Gasteiger partial charge in [0.05, 0.1) is 12.1 Å². The summed E-state index contributed by atoms with van der Waals surface area (Å²) < 4.78 is 0. The number of aliphatic hydroxyl groups is 1. The Morgan fingerprint density at radius 1 is 1.32 bits per heavy atom. The van der Waals surface area contributed by atoms with E-state index in [2.05, 4.69) is 50.4 Å². The highest BCUT2D eigenvalue weighted by molar-refractivity contribution is 5.47. The highest BCUT2D eigenvalue weighted by atomic mass is 16.3. The van der Waals surface area contributed by atoms with Gasteiger partial charge in [-0.2, -0.15) is 0 Å². The van der Waals surface area contributed by atoms with E-state index in [1.54, 1.807) is 0 Å². The molecule has 2 heteroatoms. The Morgan fingerprint density at radius 2 is 2.00 bits per heavy atom. The number of anilines is 1. The zero-order chi connectivity index (χ0) is 13.9. The lowest BCUT2D eigenvalue weighted by atomic mass is 9.73. The van der Waals surface area contributed by atoms with Gasteiger partial charge in [-0.3, -0.25) is 0 Å². The smallest absolute Gasteiger partial charge is 0.0661 e. The van der Waals surface area contributed by atoms with Crippen molar-refractivity contribution in [3.8, 4) is 0 Å². The van der Waals surface area contributed by atoms with Gasteiger partial charge in [-0.25, -0.2) is 0 Å². The number of aliphatic hydroxyl groups excluding tert-OH is 1. The van der Waals surface area contributed by atoms with Gasteiger partial charge in [0, 0.05) is 5.69 Å². The summed E-state index contributed by atoms with van der Waals surface area (Å²) in [5.41, 5.74) is 2.28. The maximum absolute atomic E-state index is 9.83. The minimum Gasteiger partial charge on any atom is -0.394 e. The molecule has 1 aliphatic rings. The van der Waals surface area contributed by atoms with Gasteiger partial charge in [0.1, 0.15) is 0 Å². The first-order chi connectivity index (χ1) is 9.04. The van der Waals surface area contributed by atoms with Gasteiger partial charge in [0.15, 0.2) is 0 Å². The summed E-state index contributed by atoms with van der Waals surface area (Å²) >= 11 is 0. The van der Waals surface area contributed by atoms with Crippen LogP contribution in [-0.4, -0.2) is 17.3 Å². The van der Waals surface area contributed by atoms with Crippen LogP contribution in [0, 0.1) is 18.8 Å². The molecule has 1 saturated carbocycles. The summed E-state index contributed by atoms with van der Waals surface area (Å²) in [6.45, 7) is 6.95. The van der Waals surface area contributed by atoms with E-state index in [0.29, 0.717) is 0 Å². The van der Waals surface area contributed by atoms with Crippen LogP contribution in [-0.2, 0) is 0 Å². The molecule has 0 radical (unpaired) electrons. The fourth-order valence-corrected chi connectivity index (χ4v) is 3.21. The normalized spacial score (nSPS) is 27.5. The van der Waals surface area contributed by atoms with Crippen molar-refractivity contribution in [1.82, 2.24) is 0 Å². The summed E-state index contributed by atoms with van der Waals surface area (Å²) in [5.74, 6) is 1.58. The van der Waals surface area contributed by atoms with E-state index < -0.39 is 0 Å². The summed E-state index contributed by atoms with van der Waals surface area (Å²) in [6.07, 6.45) is 4.58. The van der Waals surface area contributed by atoms with E-state index in [4.69, 9.17) is 0 Å². The lowest BCUT2D eigenvalue weighted by Gasteiger charge is -2.41. The molecule has 106 valence electrons. The maximum atomic E-state index is 9.83. The van der Waals surface area contributed by atoms with Crippen LogP contribution in [0.1, 0.15) is 45.1 Å². The van der Waals surface area contributed by atoms with Gasteiger partial charge in [-0.1, -0.05) is 26.0 Å². The lowest BCUT2D eigenvalue weighted by Crippen LogP contribution is -2.45. The monoisotopic (exact) mass is 261 g/mol. The van der Waals surface area contributed by atoms with E-state index >= 15 is 0 Å². The Hall–Kier alpha value is -1.02. The molecule has 2 rings (SSSR count). The van der Waals surface area contributed by atoms with Crippen LogP contribution in [0.2, 0.25) is 0 Å². The molecule has 1 aromatic carbocycles. The lowest BCUT2D eigenvalue weighted by molar-refractivity contribution is 0.136.